The van der Waals surface area contributed by atoms with Crippen LogP contribution in [0.5, 0.6) is 0 Å². The summed E-state index contributed by atoms with van der Waals surface area (Å²) in [6, 6.07) is 13.6. The lowest BCUT2D eigenvalue weighted by molar-refractivity contribution is -0.384. The van der Waals surface area contributed by atoms with Crippen molar-refractivity contribution in [3.63, 3.8) is 0 Å². The first-order valence-electron chi connectivity index (χ1n) is 10.7. The third-order valence-corrected chi connectivity index (χ3v) is 5.65. The van der Waals surface area contributed by atoms with Crippen LogP contribution in [0.4, 0.5) is 33.1 Å². The number of amides is 1. The molecule has 2 aromatic heterocycles. The van der Waals surface area contributed by atoms with Gasteiger partial charge in [-0.25, -0.2) is 9.37 Å². The van der Waals surface area contributed by atoms with E-state index in [4.69, 9.17) is 5.73 Å². The molecule has 0 bridgehead atoms. The number of aromatic nitrogens is 2. The molecule has 1 amide bonds. The summed E-state index contributed by atoms with van der Waals surface area (Å²) in [5.41, 5.74) is 5.25. The normalized spacial score (nSPS) is 17.7. The van der Waals surface area contributed by atoms with Gasteiger partial charge in [-0.2, -0.15) is 0 Å². The Bertz CT molecular complexity index is 1180. The number of nitrogens with two attached hydrogens (primary N) is 1. The molecule has 1 saturated heterocycles. The first-order valence-corrected chi connectivity index (χ1v) is 10.7. The second kappa shape index (κ2) is 9.69. The van der Waals surface area contributed by atoms with Gasteiger partial charge in [-0.1, -0.05) is 6.07 Å². The summed E-state index contributed by atoms with van der Waals surface area (Å²) in [5, 5.41) is 17.6. The van der Waals surface area contributed by atoms with Crippen LogP contribution in [-0.4, -0.2) is 39.6 Å². The fourth-order valence-corrected chi connectivity index (χ4v) is 3.81. The second-order valence-corrected chi connectivity index (χ2v) is 8.06. The Kier molecular flexibility index (Phi) is 6.53. The lowest BCUT2D eigenvalue weighted by Gasteiger charge is -2.36. The number of hydrogen-bond donors (Lipinski definition) is 3. The minimum absolute atomic E-state index is 0.0865. The average molecular weight is 465 g/mol. The van der Waals surface area contributed by atoms with Crippen molar-refractivity contribution in [3.05, 3.63) is 76.6 Å². The van der Waals surface area contributed by atoms with Crippen LogP contribution in [0.2, 0.25) is 0 Å². The molecule has 1 aliphatic heterocycles. The molecule has 1 atom stereocenters. The van der Waals surface area contributed by atoms with Crippen molar-refractivity contribution in [3.8, 4) is 0 Å². The molecule has 1 aromatic carbocycles. The van der Waals surface area contributed by atoms with Crippen LogP contribution in [0, 0.1) is 10.1 Å². The predicted molar refractivity (Wildman–Crippen MR) is 127 cm³/mol. The van der Waals surface area contributed by atoms with Crippen LogP contribution in [0.25, 0.3) is 0 Å². The van der Waals surface area contributed by atoms with Gasteiger partial charge in [0.1, 0.15) is 5.82 Å². The molecular formula is C23H24FN7O3. The number of hydrogen-bond acceptors (Lipinski definition) is 8. The number of rotatable bonds is 8. The van der Waals surface area contributed by atoms with Crippen molar-refractivity contribution < 1.29 is 14.1 Å². The van der Waals surface area contributed by atoms with Gasteiger partial charge in [-0.3, -0.25) is 19.9 Å². The molecule has 1 fully saturated rings. The lowest BCUT2D eigenvalue weighted by atomic mass is 9.93. The number of nitrogens with zero attached hydrogens (tertiary/aromatic N) is 4. The zero-order chi connectivity index (χ0) is 24.1. The van der Waals surface area contributed by atoms with E-state index in [0.717, 1.165) is 11.3 Å². The van der Waals surface area contributed by atoms with E-state index < -0.39 is 16.5 Å². The van der Waals surface area contributed by atoms with E-state index in [-0.39, 0.29) is 24.5 Å². The Labute approximate surface area is 195 Å². The number of piperidine rings is 1. The highest BCUT2D eigenvalue weighted by molar-refractivity contribution is 5.84. The number of carbonyl (C=O) groups is 1. The third-order valence-electron chi connectivity index (χ3n) is 5.65. The monoisotopic (exact) mass is 465 g/mol. The van der Waals surface area contributed by atoms with E-state index in [1.54, 1.807) is 47.6 Å². The minimum atomic E-state index is -2.05. The van der Waals surface area contributed by atoms with Crippen molar-refractivity contribution in [1.82, 2.24) is 9.97 Å². The Morgan fingerprint density at radius 3 is 2.71 bits per heavy atom. The molecule has 176 valence electrons. The minimum Gasteiger partial charge on any atom is -0.368 e. The van der Waals surface area contributed by atoms with Gasteiger partial charge in [0.15, 0.2) is 0 Å². The van der Waals surface area contributed by atoms with E-state index in [9.17, 15) is 19.3 Å². The molecule has 0 aliphatic carbocycles. The molecule has 1 unspecified atom stereocenters. The summed E-state index contributed by atoms with van der Waals surface area (Å²) in [5.74, 6) is -0.401. The van der Waals surface area contributed by atoms with Gasteiger partial charge in [0.05, 0.1) is 11.5 Å². The smallest absolute Gasteiger partial charge is 0.311 e. The molecule has 4 N–H and O–H groups in total. The number of carbonyl (C=O) groups excluding carboxylic acids is 1. The quantitative estimate of drug-likeness (QED) is 0.339. The van der Waals surface area contributed by atoms with Crippen LogP contribution in [0.3, 0.4) is 0 Å². The fourth-order valence-electron chi connectivity index (χ4n) is 3.81. The van der Waals surface area contributed by atoms with Gasteiger partial charge >= 0.3 is 5.69 Å². The Balaban J connectivity index is 1.49. The first-order chi connectivity index (χ1) is 16.3. The number of alkyl halides is 1. The van der Waals surface area contributed by atoms with Gasteiger partial charge in [-0.05, 0) is 54.8 Å². The molecule has 3 aromatic rings. The number of halogens is 1. The first kappa shape index (κ1) is 22.9. The summed E-state index contributed by atoms with van der Waals surface area (Å²) < 4.78 is 14.7. The molecular weight excluding hydrogens is 441 g/mol. The zero-order valence-corrected chi connectivity index (χ0v) is 18.3. The van der Waals surface area contributed by atoms with Crippen LogP contribution in [-0.2, 0) is 11.3 Å². The Morgan fingerprint density at radius 2 is 2.03 bits per heavy atom. The van der Waals surface area contributed by atoms with Gasteiger partial charge in [0.2, 0.25) is 11.5 Å². The highest BCUT2D eigenvalue weighted by Crippen LogP contribution is 2.31. The molecule has 4 rings (SSSR count). The maximum atomic E-state index is 14.7. The Hall–Kier alpha value is -4.28. The summed E-state index contributed by atoms with van der Waals surface area (Å²) in [7, 11) is 0. The number of anilines is 4. The average Bonchev–Trinajstić information content (AvgIpc) is 2.84. The highest BCUT2D eigenvalue weighted by atomic mass is 19.1. The van der Waals surface area contributed by atoms with E-state index >= 15 is 0 Å². The van der Waals surface area contributed by atoms with E-state index in [2.05, 4.69) is 20.6 Å². The number of primary amides is 1. The Morgan fingerprint density at radius 1 is 1.24 bits per heavy atom. The SMILES string of the molecule is NC(=O)C1(F)CCCN(c2ccc(Nc3nc(NCc4cccnc4)ccc3[N+](=O)[O-])cc2)C1. The fraction of sp³-hybridized carbons (Fsp3) is 0.261. The maximum Gasteiger partial charge on any atom is 0.311 e. The van der Waals surface area contributed by atoms with E-state index in [1.165, 1.54) is 6.07 Å². The number of benzene rings is 1. The van der Waals surface area contributed by atoms with Crippen LogP contribution >= 0.6 is 0 Å². The molecule has 0 radical (unpaired) electrons. The molecule has 0 saturated carbocycles. The van der Waals surface area contributed by atoms with Crippen molar-refractivity contribution in [2.75, 3.05) is 28.6 Å². The summed E-state index contributed by atoms with van der Waals surface area (Å²) in [4.78, 5) is 32.7. The van der Waals surface area contributed by atoms with Crippen molar-refractivity contribution >= 4 is 34.6 Å². The largest absolute Gasteiger partial charge is 0.368 e. The van der Waals surface area contributed by atoms with E-state index in [0.29, 0.717) is 31.0 Å². The summed E-state index contributed by atoms with van der Waals surface area (Å²) in [6.45, 7) is 0.959. The molecule has 3 heterocycles. The standard InChI is InChI=1S/C23H24FN7O3/c24-23(22(25)32)10-2-12-30(15-23)18-6-4-17(5-7-18)28-21-19(31(33)34)8-9-20(29-21)27-14-16-3-1-11-26-13-16/h1,3-9,11,13H,2,10,12,14-15H2,(H2,25,32)(H2,27,28,29). The summed E-state index contributed by atoms with van der Waals surface area (Å²) in [6.07, 6.45) is 4.02. The molecule has 1 aliphatic rings. The number of nitrogens with one attached hydrogen (secondary N) is 2. The lowest BCUT2D eigenvalue weighted by Crippen LogP contribution is -2.53. The topological polar surface area (TPSA) is 139 Å². The predicted octanol–water partition coefficient (Wildman–Crippen LogP) is 3.53. The van der Waals surface area contributed by atoms with E-state index in [1.807, 2.05) is 12.1 Å². The molecule has 0 spiro atoms. The summed E-state index contributed by atoms with van der Waals surface area (Å²) >= 11 is 0. The molecule has 10 nitrogen and oxygen atoms in total. The highest BCUT2D eigenvalue weighted by Gasteiger charge is 2.41. The maximum absolute atomic E-state index is 14.7. The van der Waals surface area contributed by atoms with Crippen LogP contribution < -0.4 is 21.3 Å². The van der Waals surface area contributed by atoms with Gasteiger partial charge in [-0.15, -0.1) is 0 Å². The van der Waals surface area contributed by atoms with Gasteiger partial charge < -0.3 is 21.3 Å². The van der Waals surface area contributed by atoms with Crippen molar-refractivity contribution in [1.29, 1.82) is 0 Å². The van der Waals surface area contributed by atoms with Crippen LogP contribution in [0.15, 0.2) is 60.9 Å². The van der Waals surface area contributed by atoms with Crippen molar-refractivity contribution in [2.45, 2.75) is 25.1 Å². The van der Waals surface area contributed by atoms with Gasteiger partial charge in [0, 0.05) is 42.9 Å². The zero-order valence-electron chi connectivity index (χ0n) is 18.3. The van der Waals surface area contributed by atoms with Crippen molar-refractivity contribution in [2.24, 2.45) is 5.73 Å². The molecule has 11 heteroatoms. The number of pyridine rings is 2. The van der Waals surface area contributed by atoms with Gasteiger partial charge in [0.25, 0.3) is 5.91 Å². The molecule has 34 heavy (non-hydrogen) atoms. The number of nitro groups is 1. The third kappa shape index (κ3) is 5.20. The second-order valence-electron chi connectivity index (χ2n) is 8.06. The van der Waals surface area contributed by atoms with Crippen LogP contribution in [0.1, 0.15) is 18.4 Å².